The molecule has 2 N–H and O–H groups in total. The van der Waals surface area contributed by atoms with Crippen LogP contribution in [0.2, 0.25) is 0 Å². The highest BCUT2D eigenvalue weighted by Crippen LogP contribution is 2.23. The van der Waals surface area contributed by atoms with Gasteiger partial charge in [-0.3, -0.25) is 0 Å². The summed E-state index contributed by atoms with van der Waals surface area (Å²) in [6, 6.07) is 8.35. The molecule has 102 valence electrons. The van der Waals surface area contributed by atoms with E-state index in [0.717, 1.165) is 24.2 Å². The van der Waals surface area contributed by atoms with E-state index in [1.807, 2.05) is 31.2 Å². The molecule has 2 atom stereocenters. The fraction of sp³-hybridized carbons (Fsp3) is 0.600. The predicted molar refractivity (Wildman–Crippen MR) is 75.1 cm³/mol. The summed E-state index contributed by atoms with van der Waals surface area (Å²) in [6.07, 6.45) is 1.79. The molecule has 2 unspecified atom stereocenters. The van der Waals surface area contributed by atoms with Gasteiger partial charge in [-0.1, -0.05) is 25.1 Å². The highest BCUT2D eigenvalue weighted by atomic mass is 16.5. The second-order valence-electron chi connectivity index (χ2n) is 5.16. The van der Waals surface area contributed by atoms with Gasteiger partial charge in [0.1, 0.15) is 5.75 Å². The molecule has 0 fully saturated rings. The average Bonchev–Trinajstić information content (AvgIpc) is 2.39. The van der Waals surface area contributed by atoms with Gasteiger partial charge in [0.05, 0.1) is 13.7 Å². The number of aliphatic hydroxyl groups is 1. The zero-order valence-electron chi connectivity index (χ0n) is 11.9. The fourth-order valence-electron chi connectivity index (χ4n) is 2.12. The quantitative estimate of drug-likeness (QED) is 0.782. The summed E-state index contributed by atoms with van der Waals surface area (Å²) in [5, 5.41) is 13.1. The Morgan fingerprint density at radius 2 is 2.06 bits per heavy atom. The maximum absolute atomic E-state index is 9.65. The summed E-state index contributed by atoms with van der Waals surface area (Å²) in [7, 11) is 1.68. The van der Waals surface area contributed by atoms with Crippen molar-refractivity contribution in [2.24, 2.45) is 0 Å². The van der Waals surface area contributed by atoms with Crippen LogP contribution in [0.1, 0.15) is 32.8 Å². The van der Waals surface area contributed by atoms with Crippen LogP contribution in [0, 0.1) is 0 Å². The maximum Gasteiger partial charge on any atom is 0.122 e. The van der Waals surface area contributed by atoms with Crippen LogP contribution in [-0.4, -0.2) is 30.4 Å². The monoisotopic (exact) mass is 251 g/mol. The van der Waals surface area contributed by atoms with Crippen LogP contribution in [0.15, 0.2) is 24.3 Å². The molecule has 0 aliphatic carbocycles. The van der Waals surface area contributed by atoms with Gasteiger partial charge >= 0.3 is 0 Å². The molecule has 0 aliphatic rings. The van der Waals surface area contributed by atoms with Gasteiger partial charge in [0.2, 0.25) is 0 Å². The van der Waals surface area contributed by atoms with E-state index in [1.54, 1.807) is 7.11 Å². The standard InChI is InChI=1S/C15H25NO2/c1-5-12(2)16-15(3,11-17)10-13-8-6-7-9-14(13)18-4/h6-9,12,16-17H,5,10-11H2,1-4H3. The number of nitrogens with one attached hydrogen (secondary N) is 1. The molecule has 0 saturated heterocycles. The van der Waals surface area contributed by atoms with Crippen LogP contribution < -0.4 is 10.1 Å². The third-order valence-corrected chi connectivity index (χ3v) is 3.33. The number of aliphatic hydroxyl groups excluding tert-OH is 1. The van der Waals surface area contributed by atoms with Crippen molar-refractivity contribution in [2.75, 3.05) is 13.7 Å². The zero-order valence-corrected chi connectivity index (χ0v) is 11.9. The maximum atomic E-state index is 9.65. The molecule has 0 aliphatic heterocycles. The number of benzene rings is 1. The van der Waals surface area contributed by atoms with Crippen molar-refractivity contribution < 1.29 is 9.84 Å². The van der Waals surface area contributed by atoms with E-state index in [1.165, 1.54) is 0 Å². The SMILES string of the molecule is CCC(C)NC(C)(CO)Cc1ccccc1OC. The Bertz CT molecular complexity index is 367. The van der Waals surface area contributed by atoms with Crippen molar-refractivity contribution in [3.63, 3.8) is 0 Å². The molecule has 18 heavy (non-hydrogen) atoms. The number of hydrogen-bond donors (Lipinski definition) is 2. The molecule has 3 nitrogen and oxygen atoms in total. The third kappa shape index (κ3) is 4.00. The van der Waals surface area contributed by atoms with Gasteiger partial charge in [-0.2, -0.15) is 0 Å². The Labute approximate surface area is 110 Å². The molecule has 0 radical (unpaired) electrons. The van der Waals surface area contributed by atoms with Crippen LogP contribution in [-0.2, 0) is 6.42 Å². The molecule has 0 saturated carbocycles. The van der Waals surface area contributed by atoms with Gasteiger partial charge in [-0.15, -0.1) is 0 Å². The number of hydrogen-bond acceptors (Lipinski definition) is 3. The summed E-state index contributed by atoms with van der Waals surface area (Å²) in [6.45, 7) is 6.43. The van der Waals surface area contributed by atoms with Gasteiger partial charge in [0, 0.05) is 11.6 Å². The lowest BCUT2D eigenvalue weighted by Crippen LogP contribution is -2.51. The minimum atomic E-state index is -0.315. The highest BCUT2D eigenvalue weighted by Gasteiger charge is 2.26. The Hall–Kier alpha value is -1.06. The summed E-state index contributed by atoms with van der Waals surface area (Å²) in [5.41, 5.74) is 0.803. The smallest absolute Gasteiger partial charge is 0.122 e. The first-order chi connectivity index (χ1) is 8.54. The van der Waals surface area contributed by atoms with E-state index in [9.17, 15) is 5.11 Å². The minimum absolute atomic E-state index is 0.107. The van der Waals surface area contributed by atoms with Gasteiger partial charge in [-0.05, 0) is 38.3 Å². The number of para-hydroxylation sites is 1. The summed E-state index contributed by atoms with van der Waals surface area (Å²) >= 11 is 0. The molecular formula is C15H25NO2. The van der Waals surface area contributed by atoms with E-state index in [4.69, 9.17) is 4.74 Å². The second kappa shape index (κ2) is 6.76. The van der Waals surface area contributed by atoms with Crippen LogP contribution in [0.25, 0.3) is 0 Å². The minimum Gasteiger partial charge on any atom is -0.496 e. The van der Waals surface area contributed by atoms with Crippen molar-refractivity contribution in [2.45, 2.75) is 45.2 Å². The Kier molecular flexibility index (Phi) is 5.63. The van der Waals surface area contributed by atoms with Gasteiger partial charge in [-0.25, -0.2) is 0 Å². The number of methoxy groups -OCH3 is 1. The Morgan fingerprint density at radius 1 is 1.39 bits per heavy atom. The first-order valence-electron chi connectivity index (χ1n) is 6.55. The van der Waals surface area contributed by atoms with Crippen molar-refractivity contribution in [3.8, 4) is 5.75 Å². The first-order valence-corrected chi connectivity index (χ1v) is 6.55. The molecule has 0 bridgehead atoms. The third-order valence-electron chi connectivity index (χ3n) is 3.33. The molecule has 3 heteroatoms. The Balaban J connectivity index is 2.84. The van der Waals surface area contributed by atoms with Gasteiger partial charge in [0.15, 0.2) is 0 Å². The van der Waals surface area contributed by atoms with E-state index in [2.05, 4.69) is 19.2 Å². The highest BCUT2D eigenvalue weighted by molar-refractivity contribution is 5.34. The molecule has 1 aromatic carbocycles. The lowest BCUT2D eigenvalue weighted by Gasteiger charge is -2.32. The van der Waals surface area contributed by atoms with Gasteiger partial charge < -0.3 is 15.2 Å². The molecule has 1 aromatic rings. The number of rotatable bonds is 7. The zero-order chi connectivity index (χ0) is 13.6. The molecule has 0 aromatic heterocycles. The fourth-order valence-corrected chi connectivity index (χ4v) is 2.12. The molecule has 1 rings (SSSR count). The topological polar surface area (TPSA) is 41.5 Å². The van der Waals surface area contributed by atoms with Crippen LogP contribution in [0.3, 0.4) is 0 Å². The average molecular weight is 251 g/mol. The summed E-state index contributed by atoms with van der Waals surface area (Å²) in [5.74, 6) is 0.878. The first kappa shape index (κ1) is 15.0. The summed E-state index contributed by atoms with van der Waals surface area (Å²) < 4.78 is 5.36. The van der Waals surface area contributed by atoms with E-state index in [0.29, 0.717) is 6.04 Å². The summed E-state index contributed by atoms with van der Waals surface area (Å²) in [4.78, 5) is 0. The lowest BCUT2D eigenvalue weighted by molar-refractivity contribution is 0.161. The van der Waals surface area contributed by atoms with Crippen LogP contribution in [0.4, 0.5) is 0 Å². The van der Waals surface area contributed by atoms with Crippen molar-refractivity contribution in [3.05, 3.63) is 29.8 Å². The Morgan fingerprint density at radius 3 is 2.61 bits per heavy atom. The molecule has 0 amide bonds. The second-order valence-corrected chi connectivity index (χ2v) is 5.16. The molecule has 0 heterocycles. The number of ether oxygens (including phenoxy) is 1. The van der Waals surface area contributed by atoms with E-state index < -0.39 is 0 Å². The lowest BCUT2D eigenvalue weighted by atomic mass is 9.92. The van der Waals surface area contributed by atoms with Crippen molar-refractivity contribution >= 4 is 0 Å². The largest absolute Gasteiger partial charge is 0.496 e. The molecular weight excluding hydrogens is 226 g/mol. The van der Waals surface area contributed by atoms with E-state index >= 15 is 0 Å². The van der Waals surface area contributed by atoms with Crippen LogP contribution in [0.5, 0.6) is 5.75 Å². The molecule has 0 spiro atoms. The normalized spacial score (nSPS) is 16.1. The predicted octanol–water partition coefficient (Wildman–Crippen LogP) is 2.38. The van der Waals surface area contributed by atoms with E-state index in [-0.39, 0.29) is 12.1 Å². The van der Waals surface area contributed by atoms with Crippen molar-refractivity contribution in [1.29, 1.82) is 0 Å². The van der Waals surface area contributed by atoms with Crippen molar-refractivity contribution in [1.82, 2.24) is 5.32 Å². The van der Waals surface area contributed by atoms with Gasteiger partial charge in [0.25, 0.3) is 0 Å². The van der Waals surface area contributed by atoms with Crippen LogP contribution >= 0.6 is 0 Å².